The number of likely N-dealkylation sites (tertiary alicyclic amines) is 1. The highest BCUT2D eigenvalue weighted by molar-refractivity contribution is 8.45. The average molecular weight is 504 g/mol. The number of halogens is 5. The Hall–Kier alpha value is -2.66. The van der Waals surface area contributed by atoms with Crippen LogP contribution in [0.4, 0.5) is 19.4 Å². The van der Waals surface area contributed by atoms with Crippen molar-refractivity contribution in [1.29, 1.82) is 0 Å². The molecule has 1 fully saturated rings. The number of aryl methyl sites for hydroxylation is 1. The van der Waals surface area contributed by atoms with Crippen molar-refractivity contribution in [1.82, 2.24) is 14.5 Å². The van der Waals surface area contributed by atoms with E-state index in [1.165, 1.54) is 19.8 Å². The Balaban J connectivity index is 1.55. The van der Waals surface area contributed by atoms with E-state index in [1.807, 2.05) is 0 Å². The molecular formula is C23H26F5N3O2S. The van der Waals surface area contributed by atoms with Crippen LogP contribution < -0.4 is 10.3 Å². The zero-order chi connectivity index (χ0) is 24.8. The minimum atomic E-state index is -9.93. The molecule has 2 heterocycles. The molecule has 1 saturated heterocycles. The molecule has 1 aromatic heterocycles. The van der Waals surface area contributed by atoms with E-state index in [0.717, 1.165) is 30.1 Å². The first-order chi connectivity index (χ1) is 15.7. The smallest absolute Gasteiger partial charge is 0.310 e. The molecule has 34 heavy (non-hydrogen) atoms. The number of benzene rings is 2. The van der Waals surface area contributed by atoms with Crippen LogP contribution in [0.2, 0.25) is 0 Å². The van der Waals surface area contributed by atoms with Crippen LogP contribution in [0.15, 0.2) is 52.2 Å². The monoisotopic (exact) mass is 503 g/mol. The Morgan fingerprint density at radius 1 is 1.09 bits per heavy atom. The van der Waals surface area contributed by atoms with E-state index < -0.39 is 26.1 Å². The first kappa shape index (κ1) is 24.5. The van der Waals surface area contributed by atoms with Crippen molar-refractivity contribution in [3.8, 4) is 11.4 Å². The summed E-state index contributed by atoms with van der Waals surface area (Å²) in [5.41, 5.74) is -0.607. The summed E-state index contributed by atoms with van der Waals surface area (Å²) in [4.78, 5) is 17.4. The van der Waals surface area contributed by atoms with E-state index in [-0.39, 0.29) is 23.5 Å². The van der Waals surface area contributed by atoms with Crippen LogP contribution >= 0.6 is 10.2 Å². The van der Waals surface area contributed by atoms with E-state index in [1.54, 1.807) is 24.3 Å². The van der Waals surface area contributed by atoms with Gasteiger partial charge < -0.3 is 9.64 Å². The van der Waals surface area contributed by atoms with E-state index in [0.29, 0.717) is 24.1 Å². The number of hydrogen-bond donors (Lipinski definition) is 0. The van der Waals surface area contributed by atoms with Gasteiger partial charge in [0.1, 0.15) is 16.5 Å². The van der Waals surface area contributed by atoms with Crippen LogP contribution in [0.25, 0.3) is 16.6 Å². The lowest BCUT2D eigenvalue weighted by atomic mass is 10.2. The molecule has 0 amide bonds. The molecule has 4 rings (SSSR count). The second-order valence-electron chi connectivity index (χ2n) is 8.67. The maximum Gasteiger partial charge on any atom is 0.310 e. The normalized spacial score (nSPS) is 19.2. The van der Waals surface area contributed by atoms with Crippen molar-refractivity contribution in [2.75, 3.05) is 19.7 Å². The molecule has 1 aliphatic rings. The average Bonchev–Trinajstić information content (AvgIpc) is 3.15. The van der Waals surface area contributed by atoms with Crippen molar-refractivity contribution in [2.24, 2.45) is 0 Å². The van der Waals surface area contributed by atoms with Crippen molar-refractivity contribution < 1.29 is 24.2 Å². The lowest BCUT2D eigenvalue weighted by Gasteiger charge is -2.40. The molecule has 0 spiro atoms. The zero-order valence-electron chi connectivity index (χ0n) is 18.8. The van der Waals surface area contributed by atoms with Gasteiger partial charge in [0, 0.05) is 12.6 Å². The molecule has 1 unspecified atom stereocenters. The summed E-state index contributed by atoms with van der Waals surface area (Å²) in [5.74, 6) is 0.798. The van der Waals surface area contributed by atoms with Crippen LogP contribution in [0.1, 0.15) is 32.0 Å². The maximum atomic E-state index is 13.2. The lowest BCUT2D eigenvalue weighted by molar-refractivity contribution is 0.230. The van der Waals surface area contributed by atoms with Gasteiger partial charge in [-0.05, 0) is 82.1 Å². The van der Waals surface area contributed by atoms with Gasteiger partial charge in [-0.25, -0.2) is 4.98 Å². The van der Waals surface area contributed by atoms with E-state index >= 15 is 0 Å². The zero-order valence-corrected chi connectivity index (χ0v) is 19.6. The fourth-order valence-corrected chi connectivity index (χ4v) is 4.96. The fraction of sp³-hybridized carbons (Fsp3) is 0.391. The molecule has 3 aromatic rings. The molecule has 0 saturated carbocycles. The quantitative estimate of drug-likeness (QED) is 0.269. The Kier molecular flexibility index (Phi) is 5.72. The van der Waals surface area contributed by atoms with Gasteiger partial charge in [0.05, 0.1) is 23.2 Å². The van der Waals surface area contributed by atoms with Gasteiger partial charge >= 0.3 is 10.2 Å². The molecular weight excluding hydrogens is 477 g/mol. The molecule has 5 nitrogen and oxygen atoms in total. The summed E-state index contributed by atoms with van der Waals surface area (Å²) >= 11 is 0. The van der Waals surface area contributed by atoms with Crippen LogP contribution in [-0.2, 0) is 0 Å². The summed E-state index contributed by atoms with van der Waals surface area (Å²) < 4.78 is 73.1. The van der Waals surface area contributed by atoms with Crippen molar-refractivity contribution in [2.45, 2.75) is 44.0 Å². The first-order valence-electron chi connectivity index (χ1n) is 11.0. The van der Waals surface area contributed by atoms with Gasteiger partial charge in [0.25, 0.3) is 5.56 Å². The number of fused-ring (bicyclic) bond motifs is 1. The standard InChI is InChI=1S/C23H26F5N3O2S/c1-16-5-3-12-30(16)13-4-14-33-19-8-6-18(7-9-19)31-17(2)29-22-11-10-20(15-21(22)23(31)32)34(24,25,26,27)28/h6-11,15-16H,3-5,12-14H2,1-2H3. The van der Waals surface area contributed by atoms with E-state index in [2.05, 4.69) is 16.8 Å². The summed E-state index contributed by atoms with van der Waals surface area (Å²) in [6.45, 7) is 6.32. The highest BCUT2D eigenvalue weighted by atomic mass is 32.5. The third-order valence-electron chi connectivity index (χ3n) is 6.10. The molecule has 2 aromatic carbocycles. The van der Waals surface area contributed by atoms with E-state index in [4.69, 9.17) is 4.74 Å². The van der Waals surface area contributed by atoms with Crippen molar-refractivity contribution >= 4 is 21.1 Å². The second-order valence-corrected chi connectivity index (χ2v) is 11.1. The molecule has 0 bridgehead atoms. The SMILES string of the molecule is Cc1nc2ccc(S(F)(F)(F)(F)F)cc2c(=O)n1-c1ccc(OCCCN2CCCC2C)cc1. The molecule has 186 valence electrons. The van der Waals surface area contributed by atoms with Gasteiger partial charge in [0.15, 0.2) is 0 Å². The number of rotatable bonds is 7. The number of aromatic nitrogens is 2. The topological polar surface area (TPSA) is 47.4 Å². The molecule has 0 aliphatic carbocycles. The minimum Gasteiger partial charge on any atom is -0.494 e. The molecule has 1 aliphatic heterocycles. The Morgan fingerprint density at radius 3 is 2.41 bits per heavy atom. The van der Waals surface area contributed by atoms with Gasteiger partial charge in [0.2, 0.25) is 0 Å². The number of hydrogen-bond acceptors (Lipinski definition) is 4. The van der Waals surface area contributed by atoms with Gasteiger partial charge in [-0.1, -0.05) is 19.4 Å². The third kappa shape index (κ3) is 5.20. The fourth-order valence-electron chi connectivity index (χ4n) is 4.29. The van der Waals surface area contributed by atoms with E-state index in [9.17, 15) is 24.2 Å². The van der Waals surface area contributed by atoms with Crippen LogP contribution in [0, 0.1) is 6.92 Å². The van der Waals surface area contributed by atoms with Crippen LogP contribution in [0.5, 0.6) is 5.75 Å². The Labute approximate surface area is 193 Å². The van der Waals surface area contributed by atoms with Gasteiger partial charge in [-0.15, -0.1) is 0 Å². The highest BCUT2D eigenvalue weighted by Gasteiger charge is 2.65. The molecule has 0 N–H and O–H groups in total. The van der Waals surface area contributed by atoms with Crippen molar-refractivity contribution in [3.63, 3.8) is 0 Å². The summed E-state index contributed by atoms with van der Waals surface area (Å²) in [7, 11) is -9.93. The van der Waals surface area contributed by atoms with Gasteiger partial charge in [-0.2, -0.15) is 0 Å². The summed E-state index contributed by atoms with van der Waals surface area (Å²) in [6, 6.07) is 8.28. The Bertz CT molecular complexity index is 1280. The summed E-state index contributed by atoms with van der Waals surface area (Å²) in [5, 5.41) is -0.534. The third-order valence-corrected chi connectivity index (χ3v) is 7.24. The second kappa shape index (κ2) is 7.94. The van der Waals surface area contributed by atoms with Crippen LogP contribution in [-0.4, -0.2) is 40.2 Å². The predicted molar refractivity (Wildman–Crippen MR) is 124 cm³/mol. The molecule has 0 radical (unpaired) electrons. The van der Waals surface area contributed by atoms with Crippen LogP contribution in [0.3, 0.4) is 0 Å². The largest absolute Gasteiger partial charge is 0.494 e. The molecule has 11 heteroatoms. The lowest BCUT2D eigenvalue weighted by Crippen LogP contribution is -2.28. The van der Waals surface area contributed by atoms with Crippen molar-refractivity contribution in [3.05, 3.63) is 58.6 Å². The van der Waals surface area contributed by atoms with Gasteiger partial charge in [-0.3, -0.25) is 9.36 Å². The first-order valence-corrected chi connectivity index (χ1v) is 12.9. The predicted octanol–water partition coefficient (Wildman–Crippen LogP) is 6.60. The minimum absolute atomic E-state index is 0.0865. The highest BCUT2D eigenvalue weighted by Crippen LogP contribution is 3.02. The maximum absolute atomic E-state index is 13.2. The molecule has 1 atom stereocenters. The summed E-state index contributed by atoms with van der Waals surface area (Å²) in [6.07, 6.45) is 3.30. The number of nitrogens with zero attached hydrogens (tertiary/aromatic N) is 3. The number of ether oxygens (including phenoxy) is 1. The Morgan fingerprint density at radius 2 is 1.79 bits per heavy atom.